The molecule has 0 aromatic carbocycles. The van der Waals surface area contributed by atoms with Gasteiger partial charge >= 0.3 is 0 Å². The molecule has 3 unspecified atom stereocenters. The Balaban J connectivity index is 1.78. The molecular formula is C17H32N2O3. The van der Waals surface area contributed by atoms with Crippen molar-refractivity contribution in [3.8, 4) is 0 Å². The third kappa shape index (κ3) is 5.52. The van der Waals surface area contributed by atoms with Crippen LogP contribution in [0.25, 0.3) is 0 Å². The number of hydrogen-bond acceptors (Lipinski definition) is 4. The summed E-state index contributed by atoms with van der Waals surface area (Å²) in [6.07, 6.45) is 5.67. The summed E-state index contributed by atoms with van der Waals surface area (Å²) in [5.74, 6) is 0.782. The van der Waals surface area contributed by atoms with Crippen LogP contribution in [0.1, 0.15) is 52.4 Å². The van der Waals surface area contributed by atoms with E-state index in [0.29, 0.717) is 18.5 Å². The van der Waals surface area contributed by atoms with Crippen molar-refractivity contribution in [3.05, 3.63) is 0 Å². The van der Waals surface area contributed by atoms with E-state index in [9.17, 15) is 9.90 Å². The van der Waals surface area contributed by atoms with Gasteiger partial charge in [0.25, 0.3) is 0 Å². The zero-order valence-electron chi connectivity index (χ0n) is 14.0. The molecule has 1 saturated carbocycles. The number of ether oxygens (including phenoxy) is 1. The van der Waals surface area contributed by atoms with Crippen LogP contribution in [0.5, 0.6) is 0 Å². The lowest BCUT2D eigenvalue weighted by atomic mass is 9.87. The largest absolute Gasteiger partial charge is 0.393 e. The van der Waals surface area contributed by atoms with Crippen molar-refractivity contribution in [2.45, 2.75) is 70.6 Å². The fourth-order valence-electron chi connectivity index (χ4n) is 3.49. The molecule has 2 fully saturated rings. The highest BCUT2D eigenvalue weighted by atomic mass is 16.5. The van der Waals surface area contributed by atoms with Crippen LogP contribution in [-0.2, 0) is 9.53 Å². The maximum atomic E-state index is 12.5. The SMILES string of the molecule is CC(C)C(NC1CCOCC1)C(=O)NCC1CCCC(O)C1. The molecule has 3 N–H and O–H groups in total. The Bertz CT molecular complexity index is 343. The topological polar surface area (TPSA) is 70.6 Å². The molecule has 2 aliphatic rings. The molecule has 1 amide bonds. The van der Waals surface area contributed by atoms with Gasteiger partial charge in [-0.2, -0.15) is 0 Å². The maximum Gasteiger partial charge on any atom is 0.237 e. The smallest absolute Gasteiger partial charge is 0.237 e. The summed E-state index contributed by atoms with van der Waals surface area (Å²) in [4.78, 5) is 12.5. The first-order chi connectivity index (χ1) is 10.6. The number of hydrogen-bond donors (Lipinski definition) is 3. The van der Waals surface area contributed by atoms with Crippen LogP contribution in [0.4, 0.5) is 0 Å². The standard InChI is InChI=1S/C17H32N2O3/c1-12(2)16(19-14-6-8-22-9-7-14)17(21)18-11-13-4-3-5-15(20)10-13/h12-16,19-20H,3-11H2,1-2H3,(H,18,21). The predicted molar refractivity (Wildman–Crippen MR) is 86.6 cm³/mol. The highest BCUT2D eigenvalue weighted by Crippen LogP contribution is 2.23. The summed E-state index contributed by atoms with van der Waals surface area (Å²) >= 11 is 0. The van der Waals surface area contributed by atoms with Gasteiger partial charge in [-0.25, -0.2) is 0 Å². The molecule has 3 atom stereocenters. The second-order valence-corrected chi connectivity index (χ2v) is 7.21. The minimum atomic E-state index is -0.183. The van der Waals surface area contributed by atoms with E-state index in [1.807, 2.05) is 0 Å². The average molecular weight is 312 g/mol. The Morgan fingerprint density at radius 3 is 2.59 bits per heavy atom. The number of aliphatic hydroxyl groups is 1. The van der Waals surface area contributed by atoms with Gasteiger partial charge in [-0.1, -0.05) is 20.3 Å². The molecule has 22 heavy (non-hydrogen) atoms. The van der Waals surface area contributed by atoms with Crippen molar-refractivity contribution < 1.29 is 14.6 Å². The summed E-state index contributed by atoms with van der Waals surface area (Å²) in [5, 5.41) is 16.3. The Kier molecular flexibility index (Phi) is 7.12. The van der Waals surface area contributed by atoms with E-state index in [4.69, 9.17) is 4.74 Å². The third-order valence-corrected chi connectivity index (χ3v) is 4.91. The Morgan fingerprint density at radius 2 is 1.95 bits per heavy atom. The van der Waals surface area contributed by atoms with Gasteiger partial charge in [0.05, 0.1) is 12.1 Å². The number of carbonyl (C=O) groups is 1. The highest BCUT2D eigenvalue weighted by Gasteiger charge is 2.27. The molecule has 1 aliphatic heterocycles. The van der Waals surface area contributed by atoms with Gasteiger partial charge in [-0.3, -0.25) is 4.79 Å². The highest BCUT2D eigenvalue weighted by molar-refractivity contribution is 5.82. The summed E-state index contributed by atoms with van der Waals surface area (Å²) in [5.41, 5.74) is 0. The minimum Gasteiger partial charge on any atom is -0.393 e. The molecule has 1 heterocycles. The van der Waals surface area contributed by atoms with Gasteiger partial charge in [-0.15, -0.1) is 0 Å². The first kappa shape index (κ1) is 17.7. The maximum absolute atomic E-state index is 12.5. The Morgan fingerprint density at radius 1 is 1.23 bits per heavy atom. The van der Waals surface area contributed by atoms with E-state index in [2.05, 4.69) is 24.5 Å². The van der Waals surface area contributed by atoms with E-state index in [0.717, 1.165) is 51.7 Å². The number of aliphatic hydroxyl groups excluding tert-OH is 1. The molecule has 5 nitrogen and oxygen atoms in total. The molecule has 0 aromatic heterocycles. The zero-order valence-corrected chi connectivity index (χ0v) is 14.0. The molecule has 2 rings (SSSR count). The number of rotatable bonds is 6. The first-order valence-corrected chi connectivity index (χ1v) is 8.86. The fraction of sp³-hybridized carbons (Fsp3) is 0.941. The second kappa shape index (κ2) is 8.85. The average Bonchev–Trinajstić information content (AvgIpc) is 2.51. The van der Waals surface area contributed by atoms with Gasteiger partial charge in [-0.05, 0) is 43.9 Å². The van der Waals surface area contributed by atoms with Gasteiger partial charge < -0.3 is 20.5 Å². The second-order valence-electron chi connectivity index (χ2n) is 7.21. The molecular weight excluding hydrogens is 280 g/mol. The number of amides is 1. The molecule has 0 bridgehead atoms. The normalized spacial score (nSPS) is 28.5. The van der Waals surface area contributed by atoms with Crippen molar-refractivity contribution in [1.29, 1.82) is 0 Å². The van der Waals surface area contributed by atoms with Gasteiger partial charge in [0, 0.05) is 25.8 Å². The van der Waals surface area contributed by atoms with Crippen molar-refractivity contribution in [1.82, 2.24) is 10.6 Å². The van der Waals surface area contributed by atoms with Crippen molar-refractivity contribution in [3.63, 3.8) is 0 Å². The van der Waals surface area contributed by atoms with Crippen LogP contribution in [0.2, 0.25) is 0 Å². The minimum absolute atomic E-state index is 0.0987. The summed E-state index contributed by atoms with van der Waals surface area (Å²) in [6, 6.07) is 0.236. The van der Waals surface area contributed by atoms with Crippen LogP contribution in [0.3, 0.4) is 0 Å². The lowest BCUT2D eigenvalue weighted by molar-refractivity contribution is -0.125. The van der Waals surface area contributed by atoms with Crippen LogP contribution >= 0.6 is 0 Å². The van der Waals surface area contributed by atoms with Gasteiger partial charge in [0.1, 0.15) is 0 Å². The van der Waals surface area contributed by atoms with E-state index in [1.165, 1.54) is 0 Å². The molecule has 0 aromatic rings. The molecule has 5 heteroatoms. The van der Waals surface area contributed by atoms with Crippen molar-refractivity contribution in [2.24, 2.45) is 11.8 Å². The van der Waals surface area contributed by atoms with Gasteiger partial charge in [0.15, 0.2) is 0 Å². The van der Waals surface area contributed by atoms with E-state index in [-0.39, 0.29) is 24.0 Å². The predicted octanol–water partition coefficient (Wildman–Crippen LogP) is 1.45. The Hall–Kier alpha value is -0.650. The lowest BCUT2D eigenvalue weighted by Crippen LogP contribution is -2.53. The molecule has 128 valence electrons. The van der Waals surface area contributed by atoms with E-state index in [1.54, 1.807) is 0 Å². The van der Waals surface area contributed by atoms with Crippen molar-refractivity contribution >= 4 is 5.91 Å². The van der Waals surface area contributed by atoms with E-state index >= 15 is 0 Å². The quantitative estimate of drug-likeness (QED) is 0.694. The molecule has 1 aliphatic carbocycles. The lowest BCUT2D eigenvalue weighted by Gasteiger charge is -2.31. The third-order valence-electron chi connectivity index (χ3n) is 4.91. The molecule has 1 saturated heterocycles. The molecule has 0 radical (unpaired) electrons. The van der Waals surface area contributed by atoms with Crippen LogP contribution in [-0.4, -0.2) is 49.0 Å². The summed E-state index contributed by atoms with van der Waals surface area (Å²) in [6.45, 7) is 6.42. The zero-order chi connectivity index (χ0) is 15.9. The number of nitrogens with one attached hydrogen (secondary N) is 2. The fourth-order valence-corrected chi connectivity index (χ4v) is 3.49. The summed E-state index contributed by atoms with van der Waals surface area (Å²) in [7, 11) is 0. The first-order valence-electron chi connectivity index (χ1n) is 8.86. The van der Waals surface area contributed by atoms with Crippen LogP contribution < -0.4 is 10.6 Å². The number of carbonyl (C=O) groups excluding carboxylic acids is 1. The molecule has 0 spiro atoms. The monoisotopic (exact) mass is 312 g/mol. The van der Waals surface area contributed by atoms with Crippen molar-refractivity contribution in [2.75, 3.05) is 19.8 Å². The van der Waals surface area contributed by atoms with Crippen LogP contribution in [0, 0.1) is 11.8 Å². The van der Waals surface area contributed by atoms with Gasteiger partial charge in [0.2, 0.25) is 5.91 Å². The Labute approximate surface area is 134 Å². The van der Waals surface area contributed by atoms with Crippen LogP contribution in [0.15, 0.2) is 0 Å². The summed E-state index contributed by atoms with van der Waals surface area (Å²) < 4.78 is 5.37. The van der Waals surface area contributed by atoms with E-state index < -0.39 is 0 Å².